The third-order valence-electron chi connectivity index (χ3n) is 2.64. The van der Waals surface area contributed by atoms with Gasteiger partial charge in [-0.3, -0.25) is 0 Å². The van der Waals surface area contributed by atoms with Gasteiger partial charge in [0, 0.05) is 10.0 Å². The lowest BCUT2D eigenvalue weighted by atomic mass is 10.3. The maximum absolute atomic E-state index is 12.0. The number of esters is 1. The normalized spacial score (nSPS) is 10.4. The first-order valence-corrected chi connectivity index (χ1v) is 7.46. The van der Waals surface area contributed by atoms with Crippen LogP contribution < -0.4 is 9.47 Å². The molecule has 0 amide bonds. The Kier molecular flexibility index (Phi) is 6.52. The van der Waals surface area contributed by atoms with E-state index in [1.54, 1.807) is 48.5 Å². The van der Waals surface area contributed by atoms with Gasteiger partial charge in [0.1, 0.15) is 18.1 Å². The molecule has 0 unspecified atom stereocenters. The van der Waals surface area contributed by atoms with Gasteiger partial charge in [-0.1, -0.05) is 23.2 Å². The molecular weight excluding hydrogens is 343 g/mol. The summed E-state index contributed by atoms with van der Waals surface area (Å²) in [6.07, 6.45) is -1.33. The molecule has 0 aliphatic heterocycles. The minimum Gasteiger partial charge on any atom is -0.458 e. The van der Waals surface area contributed by atoms with E-state index in [-0.39, 0.29) is 13.2 Å². The third kappa shape index (κ3) is 5.63. The van der Waals surface area contributed by atoms with Crippen LogP contribution in [-0.4, -0.2) is 30.6 Å². The second kappa shape index (κ2) is 8.62. The van der Waals surface area contributed by atoms with Crippen molar-refractivity contribution in [1.29, 1.82) is 0 Å². The summed E-state index contributed by atoms with van der Waals surface area (Å²) in [5.41, 5.74) is 0. The molecule has 0 aliphatic rings. The standard InChI is InChI=1S/C16H14Cl2O5/c17-11-1-5-13(6-2-11)22-16(15(20)21-10-9-19)23-14-7-3-12(18)4-8-14/h1-8,16,19H,9-10H2. The van der Waals surface area contributed by atoms with Gasteiger partial charge in [0.05, 0.1) is 6.61 Å². The Morgan fingerprint density at radius 3 is 1.74 bits per heavy atom. The fraction of sp³-hybridized carbons (Fsp3) is 0.188. The molecule has 0 saturated heterocycles. The predicted octanol–water partition coefficient (Wildman–Crippen LogP) is 3.31. The van der Waals surface area contributed by atoms with E-state index in [2.05, 4.69) is 0 Å². The molecule has 2 rings (SSSR count). The van der Waals surface area contributed by atoms with E-state index in [1.165, 1.54) is 0 Å². The van der Waals surface area contributed by atoms with Crippen molar-refractivity contribution in [3.63, 3.8) is 0 Å². The van der Waals surface area contributed by atoms with Crippen LogP contribution in [0.2, 0.25) is 10.0 Å². The lowest BCUT2D eigenvalue weighted by Gasteiger charge is -2.19. The van der Waals surface area contributed by atoms with Crippen molar-refractivity contribution in [2.75, 3.05) is 13.2 Å². The van der Waals surface area contributed by atoms with Gasteiger partial charge in [-0.2, -0.15) is 0 Å². The molecule has 0 radical (unpaired) electrons. The number of benzene rings is 2. The molecule has 5 nitrogen and oxygen atoms in total. The van der Waals surface area contributed by atoms with Crippen LogP contribution in [0.3, 0.4) is 0 Å². The highest BCUT2D eigenvalue weighted by atomic mass is 35.5. The van der Waals surface area contributed by atoms with Crippen LogP contribution in [0.25, 0.3) is 0 Å². The maximum Gasteiger partial charge on any atom is 0.389 e. The van der Waals surface area contributed by atoms with Gasteiger partial charge in [-0.15, -0.1) is 0 Å². The zero-order valence-electron chi connectivity index (χ0n) is 11.9. The van der Waals surface area contributed by atoms with Crippen LogP contribution in [0.1, 0.15) is 0 Å². The highest BCUT2D eigenvalue weighted by molar-refractivity contribution is 6.30. The summed E-state index contributed by atoms with van der Waals surface area (Å²) in [7, 11) is 0. The van der Waals surface area contributed by atoms with Crippen molar-refractivity contribution >= 4 is 29.2 Å². The van der Waals surface area contributed by atoms with Gasteiger partial charge in [0.25, 0.3) is 0 Å². The van der Waals surface area contributed by atoms with E-state index >= 15 is 0 Å². The van der Waals surface area contributed by atoms with E-state index < -0.39 is 12.3 Å². The number of carbonyl (C=O) groups excluding carboxylic acids is 1. The zero-order valence-corrected chi connectivity index (χ0v) is 13.5. The lowest BCUT2D eigenvalue weighted by Crippen LogP contribution is -2.35. The summed E-state index contributed by atoms with van der Waals surface area (Å²) < 4.78 is 15.8. The van der Waals surface area contributed by atoms with Crippen molar-refractivity contribution in [3.8, 4) is 11.5 Å². The smallest absolute Gasteiger partial charge is 0.389 e. The Morgan fingerprint density at radius 2 is 1.35 bits per heavy atom. The number of halogens is 2. The summed E-state index contributed by atoms with van der Waals surface area (Å²) in [6, 6.07) is 12.9. The number of ether oxygens (including phenoxy) is 3. The van der Waals surface area contributed by atoms with E-state index in [0.717, 1.165) is 0 Å². The summed E-state index contributed by atoms with van der Waals surface area (Å²) >= 11 is 11.6. The molecule has 0 fully saturated rings. The number of rotatable bonds is 7. The average Bonchev–Trinajstić information content (AvgIpc) is 2.56. The maximum atomic E-state index is 12.0. The molecule has 2 aromatic rings. The second-order valence-corrected chi connectivity index (χ2v) is 5.24. The van der Waals surface area contributed by atoms with Crippen molar-refractivity contribution in [2.45, 2.75) is 6.29 Å². The van der Waals surface area contributed by atoms with Gasteiger partial charge in [-0.25, -0.2) is 4.79 Å². The third-order valence-corrected chi connectivity index (χ3v) is 3.15. The molecule has 0 bridgehead atoms. The zero-order chi connectivity index (χ0) is 16.7. The van der Waals surface area contributed by atoms with Crippen molar-refractivity contribution in [2.24, 2.45) is 0 Å². The van der Waals surface area contributed by atoms with Crippen LogP contribution in [-0.2, 0) is 9.53 Å². The summed E-state index contributed by atoms with van der Waals surface area (Å²) in [5.74, 6) is 0.00701. The van der Waals surface area contributed by atoms with Gasteiger partial charge < -0.3 is 19.3 Å². The van der Waals surface area contributed by atoms with Crippen molar-refractivity contribution < 1.29 is 24.1 Å². The number of carbonyl (C=O) groups is 1. The minimum atomic E-state index is -1.33. The topological polar surface area (TPSA) is 65.0 Å². The lowest BCUT2D eigenvalue weighted by molar-refractivity contribution is -0.166. The minimum absolute atomic E-state index is 0.150. The fourth-order valence-corrected chi connectivity index (χ4v) is 1.86. The first kappa shape index (κ1) is 17.4. The van der Waals surface area contributed by atoms with E-state index in [9.17, 15) is 4.79 Å². The molecule has 0 spiro atoms. The predicted molar refractivity (Wildman–Crippen MR) is 86.0 cm³/mol. The molecule has 1 N–H and O–H groups in total. The van der Waals surface area contributed by atoms with Crippen LogP contribution in [0.15, 0.2) is 48.5 Å². The molecule has 0 saturated carbocycles. The molecule has 122 valence electrons. The van der Waals surface area contributed by atoms with E-state index in [1.807, 2.05) is 0 Å². The van der Waals surface area contributed by atoms with Crippen LogP contribution in [0.4, 0.5) is 0 Å². The van der Waals surface area contributed by atoms with Crippen LogP contribution in [0, 0.1) is 0 Å². The summed E-state index contributed by atoms with van der Waals surface area (Å²) in [6.45, 7) is -0.441. The van der Waals surface area contributed by atoms with Gasteiger partial charge >= 0.3 is 12.3 Å². The van der Waals surface area contributed by atoms with E-state index in [4.69, 9.17) is 42.5 Å². The number of aliphatic hydroxyl groups is 1. The Hall–Kier alpha value is -1.95. The number of aliphatic hydroxyl groups excluding tert-OH is 1. The van der Waals surface area contributed by atoms with Gasteiger partial charge in [0.2, 0.25) is 0 Å². The van der Waals surface area contributed by atoms with Crippen molar-refractivity contribution in [3.05, 3.63) is 58.6 Å². The fourth-order valence-electron chi connectivity index (χ4n) is 1.61. The highest BCUT2D eigenvalue weighted by Gasteiger charge is 2.24. The molecule has 23 heavy (non-hydrogen) atoms. The summed E-state index contributed by atoms with van der Waals surface area (Å²) in [5, 5.41) is 9.82. The van der Waals surface area contributed by atoms with Crippen molar-refractivity contribution in [1.82, 2.24) is 0 Å². The van der Waals surface area contributed by atoms with Crippen LogP contribution >= 0.6 is 23.2 Å². The largest absolute Gasteiger partial charge is 0.458 e. The Morgan fingerprint density at radius 1 is 0.913 bits per heavy atom. The first-order chi connectivity index (χ1) is 11.1. The Balaban J connectivity index is 2.11. The quantitative estimate of drug-likeness (QED) is 0.608. The molecule has 7 heteroatoms. The van der Waals surface area contributed by atoms with E-state index in [0.29, 0.717) is 21.5 Å². The Bertz CT molecular complexity index is 580. The molecule has 0 aromatic heterocycles. The monoisotopic (exact) mass is 356 g/mol. The number of hydrogen-bond acceptors (Lipinski definition) is 5. The highest BCUT2D eigenvalue weighted by Crippen LogP contribution is 2.21. The molecular formula is C16H14Cl2O5. The van der Waals surface area contributed by atoms with Crippen LogP contribution in [0.5, 0.6) is 11.5 Å². The SMILES string of the molecule is O=C(OCCO)C(Oc1ccc(Cl)cc1)Oc1ccc(Cl)cc1. The van der Waals surface area contributed by atoms with Gasteiger partial charge in [-0.05, 0) is 48.5 Å². The summed E-state index contributed by atoms with van der Waals surface area (Å²) in [4.78, 5) is 12.0. The number of hydrogen-bond donors (Lipinski definition) is 1. The average molecular weight is 357 g/mol. The van der Waals surface area contributed by atoms with Gasteiger partial charge in [0.15, 0.2) is 0 Å². The molecule has 0 atom stereocenters. The molecule has 0 heterocycles. The Labute approximate surface area is 143 Å². The second-order valence-electron chi connectivity index (χ2n) is 4.37. The molecule has 2 aromatic carbocycles. The first-order valence-electron chi connectivity index (χ1n) is 6.70. The molecule has 0 aliphatic carbocycles.